The smallest absolute Gasteiger partial charge is 0.228 e. The molecule has 21 heavy (non-hydrogen) atoms. The molecule has 0 unspecified atom stereocenters. The van der Waals surface area contributed by atoms with Crippen LogP contribution in [-0.4, -0.2) is 13.0 Å². The molecule has 5 heteroatoms. The zero-order chi connectivity index (χ0) is 15.2. The summed E-state index contributed by atoms with van der Waals surface area (Å²) in [7, 11) is 1.56. The van der Waals surface area contributed by atoms with Crippen LogP contribution in [0, 0.1) is 17.1 Å². The molecule has 0 fully saturated rings. The van der Waals surface area contributed by atoms with Crippen LogP contribution in [0.2, 0.25) is 0 Å². The van der Waals surface area contributed by atoms with Gasteiger partial charge in [-0.2, -0.15) is 5.26 Å². The number of benzene rings is 2. The van der Waals surface area contributed by atoms with Gasteiger partial charge < -0.3 is 10.1 Å². The van der Waals surface area contributed by atoms with Crippen LogP contribution in [-0.2, 0) is 11.2 Å². The Hall–Kier alpha value is -2.87. The van der Waals surface area contributed by atoms with E-state index in [0.29, 0.717) is 5.75 Å². The SMILES string of the molecule is COc1ccc(CC(=O)Nc2cccc(F)c2C#N)cc1. The van der Waals surface area contributed by atoms with Crippen molar-refractivity contribution in [1.29, 1.82) is 5.26 Å². The third kappa shape index (κ3) is 3.57. The molecule has 1 amide bonds. The largest absolute Gasteiger partial charge is 0.497 e. The zero-order valence-electron chi connectivity index (χ0n) is 11.4. The molecule has 0 spiro atoms. The molecule has 0 heterocycles. The molecular formula is C16H13FN2O2. The van der Waals surface area contributed by atoms with E-state index in [2.05, 4.69) is 5.32 Å². The lowest BCUT2D eigenvalue weighted by Gasteiger charge is -2.08. The number of methoxy groups -OCH3 is 1. The zero-order valence-corrected chi connectivity index (χ0v) is 11.4. The van der Waals surface area contributed by atoms with Crippen molar-refractivity contribution in [2.24, 2.45) is 0 Å². The Balaban J connectivity index is 2.08. The minimum atomic E-state index is -0.653. The summed E-state index contributed by atoms with van der Waals surface area (Å²) in [6, 6.07) is 12.9. The Labute approximate surface area is 121 Å². The molecule has 0 bridgehead atoms. The topological polar surface area (TPSA) is 62.1 Å². The molecule has 0 aliphatic carbocycles. The first-order chi connectivity index (χ1) is 10.1. The summed E-state index contributed by atoms with van der Waals surface area (Å²) in [5.74, 6) is -0.266. The minimum absolute atomic E-state index is 0.130. The van der Waals surface area contributed by atoms with Gasteiger partial charge in [-0.05, 0) is 29.8 Å². The summed E-state index contributed by atoms with van der Waals surface area (Å²) in [6.07, 6.45) is 0.130. The van der Waals surface area contributed by atoms with Crippen molar-refractivity contribution >= 4 is 11.6 Å². The fraction of sp³-hybridized carbons (Fsp3) is 0.125. The molecule has 0 saturated carbocycles. The van der Waals surface area contributed by atoms with Crippen molar-refractivity contribution in [2.45, 2.75) is 6.42 Å². The number of nitrogens with one attached hydrogen (secondary N) is 1. The number of nitriles is 1. The predicted molar refractivity (Wildman–Crippen MR) is 76.4 cm³/mol. The highest BCUT2D eigenvalue weighted by Crippen LogP contribution is 2.18. The predicted octanol–water partition coefficient (Wildman–Crippen LogP) is 2.89. The standard InChI is InChI=1S/C16H13FN2O2/c1-21-12-7-5-11(6-8-12)9-16(20)19-15-4-2-3-14(17)13(15)10-18/h2-8H,9H2,1H3,(H,19,20). The Bertz CT molecular complexity index is 690. The second-order valence-corrected chi connectivity index (χ2v) is 4.35. The van der Waals surface area contributed by atoms with Crippen LogP contribution in [0.5, 0.6) is 5.75 Å². The van der Waals surface area contributed by atoms with Gasteiger partial charge in [-0.25, -0.2) is 4.39 Å². The number of rotatable bonds is 4. The van der Waals surface area contributed by atoms with Gasteiger partial charge in [-0.1, -0.05) is 18.2 Å². The molecular weight excluding hydrogens is 271 g/mol. The average molecular weight is 284 g/mol. The van der Waals surface area contributed by atoms with E-state index in [1.54, 1.807) is 37.4 Å². The lowest BCUT2D eigenvalue weighted by Crippen LogP contribution is -2.15. The molecule has 2 rings (SSSR count). The quantitative estimate of drug-likeness (QED) is 0.939. The van der Waals surface area contributed by atoms with Crippen molar-refractivity contribution in [3.63, 3.8) is 0 Å². The molecule has 2 aromatic rings. The van der Waals surface area contributed by atoms with E-state index >= 15 is 0 Å². The van der Waals surface area contributed by atoms with Crippen molar-refractivity contribution in [2.75, 3.05) is 12.4 Å². The number of anilines is 1. The molecule has 1 N–H and O–H groups in total. The van der Waals surface area contributed by atoms with Gasteiger partial charge >= 0.3 is 0 Å². The molecule has 0 aliphatic heterocycles. The molecule has 0 aromatic heterocycles. The third-order valence-corrected chi connectivity index (χ3v) is 2.92. The van der Waals surface area contributed by atoms with Gasteiger partial charge in [0.2, 0.25) is 5.91 Å². The van der Waals surface area contributed by atoms with Crippen LogP contribution in [0.1, 0.15) is 11.1 Å². The van der Waals surface area contributed by atoms with E-state index < -0.39 is 5.82 Å². The average Bonchev–Trinajstić information content (AvgIpc) is 2.48. The fourth-order valence-corrected chi connectivity index (χ4v) is 1.87. The highest BCUT2D eigenvalue weighted by atomic mass is 19.1. The number of nitrogens with zero attached hydrogens (tertiary/aromatic N) is 1. The Morgan fingerprint density at radius 1 is 1.29 bits per heavy atom. The number of amides is 1. The highest BCUT2D eigenvalue weighted by Gasteiger charge is 2.11. The maximum Gasteiger partial charge on any atom is 0.228 e. The first kappa shape index (κ1) is 14.5. The number of carbonyl (C=O) groups is 1. The maximum absolute atomic E-state index is 13.4. The van der Waals surface area contributed by atoms with Gasteiger partial charge in [-0.15, -0.1) is 0 Å². The monoisotopic (exact) mass is 284 g/mol. The number of hydrogen-bond donors (Lipinski definition) is 1. The van der Waals surface area contributed by atoms with E-state index in [-0.39, 0.29) is 23.6 Å². The van der Waals surface area contributed by atoms with E-state index in [1.165, 1.54) is 18.2 Å². The first-order valence-electron chi connectivity index (χ1n) is 6.25. The summed E-state index contributed by atoms with van der Waals surface area (Å²) >= 11 is 0. The number of halogens is 1. The second-order valence-electron chi connectivity index (χ2n) is 4.35. The van der Waals surface area contributed by atoms with Gasteiger partial charge in [0, 0.05) is 0 Å². The van der Waals surface area contributed by atoms with Crippen molar-refractivity contribution < 1.29 is 13.9 Å². The van der Waals surface area contributed by atoms with Gasteiger partial charge in [0.15, 0.2) is 0 Å². The van der Waals surface area contributed by atoms with Crippen LogP contribution in [0.25, 0.3) is 0 Å². The Morgan fingerprint density at radius 2 is 2.00 bits per heavy atom. The van der Waals surface area contributed by atoms with Crippen LogP contribution in [0.4, 0.5) is 10.1 Å². The lowest BCUT2D eigenvalue weighted by atomic mass is 10.1. The Morgan fingerprint density at radius 3 is 2.62 bits per heavy atom. The highest BCUT2D eigenvalue weighted by molar-refractivity contribution is 5.93. The number of carbonyl (C=O) groups excluding carboxylic acids is 1. The molecule has 0 saturated heterocycles. The molecule has 0 aliphatic rings. The molecule has 2 aromatic carbocycles. The molecule has 4 nitrogen and oxygen atoms in total. The number of ether oxygens (including phenoxy) is 1. The first-order valence-corrected chi connectivity index (χ1v) is 6.25. The Kier molecular flexibility index (Phi) is 4.52. The maximum atomic E-state index is 13.4. The van der Waals surface area contributed by atoms with Crippen molar-refractivity contribution in [3.05, 3.63) is 59.4 Å². The van der Waals surface area contributed by atoms with Gasteiger partial charge in [-0.3, -0.25) is 4.79 Å². The fourth-order valence-electron chi connectivity index (χ4n) is 1.87. The normalized spacial score (nSPS) is 9.76. The van der Waals surface area contributed by atoms with E-state index in [1.807, 2.05) is 0 Å². The van der Waals surface area contributed by atoms with Gasteiger partial charge in [0.05, 0.1) is 19.2 Å². The summed E-state index contributed by atoms with van der Waals surface area (Å²) in [6.45, 7) is 0. The lowest BCUT2D eigenvalue weighted by molar-refractivity contribution is -0.115. The van der Waals surface area contributed by atoms with Crippen LogP contribution in [0.15, 0.2) is 42.5 Å². The third-order valence-electron chi connectivity index (χ3n) is 2.92. The molecule has 0 atom stereocenters. The molecule has 0 radical (unpaired) electrons. The van der Waals surface area contributed by atoms with E-state index in [9.17, 15) is 9.18 Å². The van der Waals surface area contributed by atoms with Crippen LogP contribution >= 0.6 is 0 Å². The van der Waals surface area contributed by atoms with Crippen LogP contribution in [0.3, 0.4) is 0 Å². The number of hydrogen-bond acceptors (Lipinski definition) is 3. The van der Waals surface area contributed by atoms with Gasteiger partial charge in [0.25, 0.3) is 0 Å². The summed E-state index contributed by atoms with van der Waals surface area (Å²) < 4.78 is 18.5. The van der Waals surface area contributed by atoms with E-state index in [4.69, 9.17) is 10.00 Å². The van der Waals surface area contributed by atoms with Crippen molar-refractivity contribution in [1.82, 2.24) is 0 Å². The summed E-state index contributed by atoms with van der Waals surface area (Å²) in [5.41, 5.74) is 0.805. The molecule has 106 valence electrons. The van der Waals surface area contributed by atoms with E-state index in [0.717, 1.165) is 5.56 Å². The minimum Gasteiger partial charge on any atom is -0.497 e. The summed E-state index contributed by atoms with van der Waals surface area (Å²) in [4.78, 5) is 11.9. The van der Waals surface area contributed by atoms with Crippen molar-refractivity contribution in [3.8, 4) is 11.8 Å². The van der Waals surface area contributed by atoms with Gasteiger partial charge in [0.1, 0.15) is 23.2 Å². The van der Waals surface area contributed by atoms with Crippen LogP contribution < -0.4 is 10.1 Å². The summed E-state index contributed by atoms with van der Waals surface area (Å²) in [5, 5.41) is 11.5. The second kappa shape index (κ2) is 6.53.